The zero-order valence-electron chi connectivity index (χ0n) is 12.3. The number of benzene rings is 1. The van der Waals surface area contributed by atoms with E-state index in [1.807, 2.05) is 6.07 Å². The minimum absolute atomic E-state index is 0.0136. The Hall–Kier alpha value is -0.610. The minimum Gasteiger partial charge on any atom is -0.496 e. The summed E-state index contributed by atoms with van der Waals surface area (Å²) in [5.74, 6) is 0.285. The second-order valence-corrected chi connectivity index (χ2v) is 6.62. The first kappa shape index (κ1) is 16.4. The molecule has 19 heavy (non-hydrogen) atoms. The lowest BCUT2D eigenvalue weighted by molar-refractivity contribution is 0.264. The molecule has 2 nitrogen and oxygen atoms in total. The molecule has 0 fully saturated rings. The van der Waals surface area contributed by atoms with E-state index in [9.17, 15) is 4.39 Å². The summed E-state index contributed by atoms with van der Waals surface area (Å²) in [7, 11) is 1.58. The van der Waals surface area contributed by atoms with Gasteiger partial charge >= 0.3 is 0 Å². The highest BCUT2D eigenvalue weighted by Gasteiger charge is 2.29. The topological polar surface area (TPSA) is 21.3 Å². The van der Waals surface area contributed by atoms with Gasteiger partial charge in [-0.2, -0.15) is 0 Å². The van der Waals surface area contributed by atoms with Gasteiger partial charge in [-0.05, 0) is 40.4 Å². The van der Waals surface area contributed by atoms with Crippen molar-refractivity contribution < 1.29 is 9.13 Å². The van der Waals surface area contributed by atoms with Gasteiger partial charge in [-0.3, -0.25) is 0 Å². The van der Waals surface area contributed by atoms with Gasteiger partial charge in [0.25, 0.3) is 0 Å². The van der Waals surface area contributed by atoms with Gasteiger partial charge in [-0.1, -0.05) is 27.7 Å². The van der Waals surface area contributed by atoms with E-state index in [1.54, 1.807) is 7.11 Å². The highest BCUT2D eigenvalue weighted by Crippen LogP contribution is 2.39. The highest BCUT2D eigenvalue weighted by atomic mass is 79.9. The Labute approximate surface area is 123 Å². The number of hydrogen-bond donors (Lipinski definition) is 1. The molecule has 0 spiro atoms. The van der Waals surface area contributed by atoms with Crippen LogP contribution in [0.1, 0.15) is 45.7 Å². The van der Waals surface area contributed by atoms with Crippen LogP contribution < -0.4 is 10.1 Å². The Morgan fingerprint density at radius 3 is 2.47 bits per heavy atom. The molecule has 0 aliphatic heterocycles. The van der Waals surface area contributed by atoms with Gasteiger partial charge in [0.1, 0.15) is 11.6 Å². The van der Waals surface area contributed by atoms with Gasteiger partial charge in [0.15, 0.2) is 0 Å². The van der Waals surface area contributed by atoms with E-state index >= 15 is 0 Å². The maximum absolute atomic E-state index is 13.6. The Kier molecular flexibility index (Phi) is 5.81. The predicted molar refractivity (Wildman–Crippen MR) is 81.1 cm³/mol. The molecule has 108 valence electrons. The molecule has 1 rings (SSSR count). The van der Waals surface area contributed by atoms with Crippen LogP contribution in [-0.2, 0) is 0 Å². The van der Waals surface area contributed by atoms with E-state index in [4.69, 9.17) is 4.74 Å². The Bertz CT molecular complexity index is 429. The second kappa shape index (κ2) is 6.71. The highest BCUT2D eigenvalue weighted by molar-refractivity contribution is 9.10. The number of nitrogens with one attached hydrogen (secondary N) is 1. The summed E-state index contributed by atoms with van der Waals surface area (Å²) in [6.07, 6.45) is 1.05. The fraction of sp³-hybridized carbons (Fsp3) is 0.600. The monoisotopic (exact) mass is 331 g/mol. The number of rotatable bonds is 5. The molecule has 0 heterocycles. The lowest BCUT2D eigenvalue weighted by Crippen LogP contribution is -2.33. The molecule has 1 aromatic carbocycles. The van der Waals surface area contributed by atoms with Crippen LogP contribution in [0.4, 0.5) is 4.39 Å². The molecular weight excluding hydrogens is 309 g/mol. The third kappa shape index (κ3) is 4.18. The van der Waals surface area contributed by atoms with E-state index in [0.29, 0.717) is 10.2 Å². The van der Waals surface area contributed by atoms with Gasteiger partial charge in [-0.25, -0.2) is 4.39 Å². The van der Waals surface area contributed by atoms with Crippen molar-refractivity contribution in [2.45, 2.75) is 40.2 Å². The largest absolute Gasteiger partial charge is 0.496 e. The van der Waals surface area contributed by atoms with Gasteiger partial charge in [0, 0.05) is 17.7 Å². The molecule has 0 amide bonds. The van der Waals surface area contributed by atoms with E-state index < -0.39 is 0 Å². The number of ether oxygens (including phenoxy) is 1. The van der Waals surface area contributed by atoms with Crippen LogP contribution in [0.2, 0.25) is 0 Å². The van der Waals surface area contributed by atoms with Crippen LogP contribution in [0.25, 0.3) is 0 Å². The average Bonchev–Trinajstić information content (AvgIpc) is 2.32. The van der Waals surface area contributed by atoms with Crippen molar-refractivity contribution in [3.8, 4) is 5.75 Å². The maximum atomic E-state index is 13.6. The first-order valence-corrected chi connectivity index (χ1v) is 7.36. The third-order valence-corrected chi connectivity index (χ3v) is 3.66. The van der Waals surface area contributed by atoms with Crippen LogP contribution in [0.3, 0.4) is 0 Å². The van der Waals surface area contributed by atoms with Gasteiger partial charge < -0.3 is 10.1 Å². The first-order chi connectivity index (χ1) is 8.81. The van der Waals surface area contributed by atoms with Gasteiger partial charge in [-0.15, -0.1) is 0 Å². The standard InChI is InChI=1S/C15H23BrFNO/c1-6-7-18-14(15(2,3)4)10-8-11(16)12(17)9-13(10)19-5/h8-9,14,18H,6-7H2,1-5H3. The van der Waals surface area contributed by atoms with Crippen LogP contribution in [0.5, 0.6) is 5.75 Å². The van der Waals surface area contributed by atoms with Crippen molar-refractivity contribution in [2.75, 3.05) is 13.7 Å². The Morgan fingerprint density at radius 1 is 1.37 bits per heavy atom. The van der Waals surface area contributed by atoms with E-state index in [0.717, 1.165) is 18.5 Å². The van der Waals surface area contributed by atoms with Gasteiger partial charge in [0.2, 0.25) is 0 Å². The molecule has 0 bridgehead atoms. The quantitative estimate of drug-likeness (QED) is 0.845. The van der Waals surface area contributed by atoms with Gasteiger partial charge in [0.05, 0.1) is 11.6 Å². The van der Waals surface area contributed by atoms with Crippen LogP contribution >= 0.6 is 15.9 Å². The van der Waals surface area contributed by atoms with Crippen molar-refractivity contribution in [1.29, 1.82) is 0 Å². The van der Waals surface area contributed by atoms with E-state index in [2.05, 4.69) is 48.9 Å². The van der Waals surface area contributed by atoms with Crippen molar-refractivity contribution in [1.82, 2.24) is 5.32 Å². The number of hydrogen-bond acceptors (Lipinski definition) is 2. The smallest absolute Gasteiger partial charge is 0.141 e. The predicted octanol–water partition coefficient (Wildman–Crippen LogP) is 4.68. The minimum atomic E-state index is -0.302. The first-order valence-electron chi connectivity index (χ1n) is 6.57. The van der Waals surface area contributed by atoms with Crippen LogP contribution in [-0.4, -0.2) is 13.7 Å². The van der Waals surface area contributed by atoms with Crippen molar-refractivity contribution in [3.63, 3.8) is 0 Å². The zero-order chi connectivity index (χ0) is 14.6. The maximum Gasteiger partial charge on any atom is 0.141 e. The SMILES string of the molecule is CCCNC(c1cc(Br)c(F)cc1OC)C(C)(C)C. The summed E-state index contributed by atoms with van der Waals surface area (Å²) >= 11 is 3.25. The molecule has 4 heteroatoms. The van der Waals surface area contributed by atoms with E-state index in [1.165, 1.54) is 6.07 Å². The summed E-state index contributed by atoms with van der Waals surface area (Å²) < 4.78 is 19.4. The molecule has 1 aromatic rings. The fourth-order valence-corrected chi connectivity index (χ4v) is 2.48. The molecule has 1 N–H and O–H groups in total. The zero-order valence-corrected chi connectivity index (χ0v) is 13.9. The molecule has 0 radical (unpaired) electrons. The Balaban J connectivity index is 3.24. The molecule has 1 unspecified atom stereocenters. The van der Waals surface area contributed by atoms with Crippen molar-refractivity contribution in [2.24, 2.45) is 5.41 Å². The third-order valence-electron chi connectivity index (χ3n) is 3.05. The molecule has 1 atom stereocenters. The molecule has 0 saturated heterocycles. The second-order valence-electron chi connectivity index (χ2n) is 5.76. The van der Waals surface area contributed by atoms with Crippen LogP contribution in [0.15, 0.2) is 16.6 Å². The Morgan fingerprint density at radius 2 is 2.00 bits per heavy atom. The molecule has 0 aliphatic rings. The lowest BCUT2D eigenvalue weighted by atomic mass is 9.82. The molecule has 0 aliphatic carbocycles. The summed E-state index contributed by atoms with van der Waals surface area (Å²) in [6, 6.07) is 3.36. The summed E-state index contributed by atoms with van der Waals surface area (Å²) in [5, 5.41) is 3.52. The molecule has 0 aromatic heterocycles. The number of methoxy groups -OCH3 is 1. The van der Waals surface area contributed by atoms with Crippen molar-refractivity contribution in [3.05, 3.63) is 28.0 Å². The normalized spacial score (nSPS) is 13.4. The van der Waals surface area contributed by atoms with E-state index in [-0.39, 0.29) is 17.3 Å². The lowest BCUT2D eigenvalue weighted by Gasteiger charge is -2.33. The summed E-state index contributed by atoms with van der Waals surface area (Å²) in [6.45, 7) is 9.54. The average molecular weight is 332 g/mol. The van der Waals surface area contributed by atoms with Crippen molar-refractivity contribution >= 4 is 15.9 Å². The molecular formula is C15H23BrFNO. The molecule has 0 saturated carbocycles. The van der Waals surface area contributed by atoms with Crippen LogP contribution in [0, 0.1) is 11.2 Å². The fourth-order valence-electron chi connectivity index (χ4n) is 2.12. The number of halogens is 2. The summed E-state index contributed by atoms with van der Waals surface area (Å²) in [5.41, 5.74) is 0.997. The summed E-state index contributed by atoms with van der Waals surface area (Å²) in [4.78, 5) is 0.